The van der Waals surface area contributed by atoms with Crippen LogP contribution in [-0.2, 0) is 17.9 Å². The predicted octanol–water partition coefficient (Wildman–Crippen LogP) is 3.42. The highest BCUT2D eigenvalue weighted by atomic mass is 35.5. The maximum atomic E-state index is 13.0. The molecule has 3 heterocycles. The molecule has 2 aromatic heterocycles. The molecule has 3 aromatic rings. The van der Waals surface area contributed by atoms with Crippen molar-refractivity contribution >= 4 is 45.0 Å². The minimum atomic E-state index is -0.106. The van der Waals surface area contributed by atoms with Crippen molar-refractivity contribution < 1.29 is 4.79 Å². The Morgan fingerprint density at radius 1 is 1.25 bits per heavy atom. The Hall–Kier alpha value is -2.38. The zero-order chi connectivity index (χ0) is 19.5. The fourth-order valence-electron chi connectivity index (χ4n) is 3.44. The van der Waals surface area contributed by atoms with Gasteiger partial charge in [-0.2, -0.15) is 0 Å². The maximum Gasteiger partial charge on any atom is 0.272 e. The second kappa shape index (κ2) is 8.32. The fourth-order valence-corrected chi connectivity index (χ4v) is 4.43. The SMILES string of the molecule is O=C(CCn1c(N2CCCC2)nc2ccsc2c1=O)NCc1cccc(Cl)c1. The van der Waals surface area contributed by atoms with Gasteiger partial charge in [0.05, 0.1) is 5.52 Å². The van der Waals surface area contributed by atoms with Crippen molar-refractivity contribution in [1.82, 2.24) is 14.9 Å². The average Bonchev–Trinajstić information content (AvgIpc) is 3.37. The number of carbonyl (C=O) groups excluding carboxylic acids is 1. The number of hydrogen-bond acceptors (Lipinski definition) is 5. The topological polar surface area (TPSA) is 67.2 Å². The Bertz CT molecular complexity index is 1060. The number of fused-ring (bicyclic) bond motifs is 1. The van der Waals surface area contributed by atoms with E-state index in [2.05, 4.69) is 10.2 Å². The van der Waals surface area contributed by atoms with E-state index in [9.17, 15) is 9.59 Å². The number of benzene rings is 1. The van der Waals surface area contributed by atoms with E-state index in [1.807, 2.05) is 29.6 Å². The van der Waals surface area contributed by atoms with Gasteiger partial charge in [0.2, 0.25) is 11.9 Å². The van der Waals surface area contributed by atoms with Crippen LogP contribution in [0.2, 0.25) is 5.02 Å². The number of rotatable bonds is 6. The van der Waals surface area contributed by atoms with Crippen molar-refractivity contribution in [2.24, 2.45) is 0 Å². The van der Waals surface area contributed by atoms with Crippen LogP contribution in [0.5, 0.6) is 0 Å². The van der Waals surface area contributed by atoms with Crippen molar-refractivity contribution in [2.75, 3.05) is 18.0 Å². The minimum Gasteiger partial charge on any atom is -0.352 e. The van der Waals surface area contributed by atoms with Gasteiger partial charge >= 0.3 is 0 Å². The van der Waals surface area contributed by atoms with Gasteiger partial charge in [0.1, 0.15) is 4.70 Å². The van der Waals surface area contributed by atoms with E-state index in [4.69, 9.17) is 16.6 Å². The molecule has 0 saturated carbocycles. The molecule has 8 heteroatoms. The molecule has 0 unspecified atom stereocenters. The molecule has 6 nitrogen and oxygen atoms in total. The van der Waals surface area contributed by atoms with Gasteiger partial charge < -0.3 is 10.2 Å². The largest absolute Gasteiger partial charge is 0.352 e. The maximum absolute atomic E-state index is 13.0. The zero-order valence-corrected chi connectivity index (χ0v) is 16.9. The van der Waals surface area contributed by atoms with Gasteiger partial charge in [-0.05, 0) is 42.0 Å². The van der Waals surface area contributed by atoms with Gasteiger partial charge in [-0.3, -0.25) is 14.2 Å². The molecule has 4 rings (SSSR count). The van der Waals surface area contributed by atoms with Gasteiger partial charge in [-0.25, -0.2) is 4.98 Å². The molecule has 1 N–H and O–H groups in total. The molecule has 0 spiro atoms. The first-order valence-electron chi connectivity index (χ1n) is 9.36. The lowest BCUT2D eigenvalue weighted by Gasteiger charge is -2.21. The van der Waals surface area contributed by atoms with E-state index in [1.165, 1.54) is 11.3 Å². The van der Waals surface area contributed by atoms with Crippen LogP contribution in [0.15, 0.2) is 40.5 Å². The summed E-state index contributed by atoms with van der Waals surface area (Å²) in [5.74, 6) is 0.571. The van der Waals surface area contributed by atoms with Gasteiger partial charge in [-0.15, -0.1) is 11.3 Å². The lowest BCUT2D eigenvalue weighted by molar-refractivity contribution is -0.121. The Morgan fingerprint density at radius 3 is 2.86 bits per heavy atom. The number of halogens is 1. The summed E-state index contributed by atoms with van der Waals surface area (Å²) in [5.41, 5.74) is 1.61. The number of nitrogens with zero attached hydrogens (tertiary/aromatic N) is 3. The summed E-state index contributed by atoms with van der Waals surface area (Å²) < 4.78 is 2.30. The molecule has 0 bridgehead atoms. The van der Waals surface area contributed by atoms with E-state index < -0.39 is 0 Å². The summed E-state index contributed by atoms with van der Waals surface area (Å²) in [6, 6.07) is 9.27. The zero-order valence-electron chi connectivity index (χ0n) is 15.4. The highest BCUT2D eigenvalue weighted by Gasteiger charge is 2.21. The number of aromatic nitrogens is 2. The summed E-state index contributed by atoms with van der Waals surface area (Å²) in [5, 5.41) is 5.42. The molecule has 0 radical (unpaired) electrons. The van der Waals surface area contributed by atoms with Crippen molar-refractivity contribution in [3.63, 3.8) is 0 Å². The highest BCUT2D eigenvalue weighted by Crippen LogP contribution is 2.22. The van der Waals surface area contributed by atoms with Gasteiger partial charge in [0.25, 0.3) is 5.56 Å². The van der Waals surface area contributed by atoms with Crippen LogP contribution in [-0.4, -0.2) is 28.5 Å². The predicted molar refractivity (Wildman–Crippen MR) is 113 cm³/mol. The molecule has 28 heavy (non-hydrogen) atoms. The van der Waals surface area contributed by atoms with E-state index in [0.29, 0.717) is 28.8 Å². The second-order valence-electron chi connectivity index (χ2n) is 6.85. The highest BCUT2D eigenvalue weighted by molar-refractivity contribution is 7.17. The number of amides is 1. The molecule has 0 aliphatic carbocycles. The standard InChI is InChI=1S/C20H21ClN4O2S/c21-15-5-3-4-14(12-15)13-22-17(26)6-10-25-19(27)18-16(7-11-28-18)23-20(25)24-8-1-2-9-24/h3-5,7,11-12H,1-2,6,8-10,13H2,(H,22,26). The summed E-state index contributed by atoms with van der Waals surface area (Å²) in [7, 11) is 0. The quantitative estimate of drug-likeness (QED) is 0.668. The van der Waals surface area contributed by atoms with Crippen LogP contribution >= 0.6 is 22.9 Å². The third-order valence-electron chi connectivity index (χ3n) is 4.88. The first-order valence-corrected chi connectivity index (χ1v) is 10.6. The van der Waals surface area contributed by atoms with E-state index in [-0.39, 0.29) is 17.9 Å². The van der Waals surface area contributed by atoms with Crippen LogP contribution in [0.1, 0.15) is 24.8 Å². The molecule has 1 aromatic carbocycles. The molecule has 146 valence electrons. The van der Waals surface area contributed by atoms with Crippen LogP contribution in [0.4, 0.5) is 5.95 Å². The molecular weight excluding hydrogens is 396 g/mol. The molecule has 1 fully saturated rings. The van der Waals surface area contributed by atoms with Crippen molar-refractivity contribution in [2.45, 2.75) is 32.4 Å². The normalized spacial score (nSPS) is 14.0. The Labute approximate surface area is 171 Å². The Balaban J connectivity index is 1.49. The van der Waals surface area contributed by atoms with E-state index in [1.54, 1.807) is 10.6 Å². The lowest BCUT2D eigenvalue weighted by atomic mass is 10.2. The van der Waals surface area contributed by atoms with Gasteiger partial charge in [0, 0.05) is 37.6 Å². The van der Waals surface area contributed by atoms with Crippen molar-refractivity contribution in [3.8, 4) is 0 Å². The Morgan fingerprint density at radius 2 is 2.07 bits per heavy atom. The summed E-state index contributed by atoms with van der Waals surface area (Å²) >= 11 is 7.37. The molecule has 1 aliphatic heterocycles. The molecule has 1 aliphatic rings. The van der Waals surface area contributed by atoms with Crippen molar-refractivity contribution in [1.29, 1.82) is 0 Å². The average molecular weight is 417 g/mol. The molecule has 1 amide bonds. The summed E-state index contributed by atoms with van der Waals surface area (Å²) in [6.07, 6.45) is 2.41. The second-order valence-corrected chi connectivity index (χ2v) is 8.21. The summed E-state index contributed by atoms with van der Waals surface area (Å²) in [4.78, 5) is 32.2. The van der Waals surface area contributed by atoms with Crippen molar-refractivity contribution in [3.05, 3.63) is 56.7 Å². The number of hydrogen-bond donors (Lipinski definition) is 1. The number of carbonyl (C=O) groups is 1. The Kier molecular flexibility index (Phi) is 5.64. The monoisotopic (exact) mass is 416 g/mol. The molecule has 0 atom stereocenters. The first kappa shape index (κ1) is 19.0. The smallest absolute Gasteiger partial charge is 0.272 e. The number of nitrogens with one attached hydrogen (secondary N) is 1. The number of anilines is 1. The fraction of sp³-hybridized carbons (Fsp3) is 0.350. The third kappa shape index (κ3) is 4.05. The third-order valence-corrected chi connectivity index (χ3v) is 6.00. The first-order chi connectivity index (χ1) is 13.6. The molecule has 1 saturated heterocycles. The van der Waals surface area contributed by atoms with E-state index in [0.717, 1.165) is 37.0 Å². The van der Waals surface area contributed by atoms with Gasteiger partial charge in [0.15, 0.2) is 0 Å². The molecular formula is C20H21ClN4O2S. The van der Waals surface area contributed by atoms with Crippen LogP contribution in [0.3, 0.4) is 0 Å². The lowest BCUT2D eigenvalue weighted by Crippen LogP contribution is -2.32. The summed E-state index contributed by atoms with van der Waals surface area (Å²) in [6.45, 7) is 2.51. The van der Waals surface area contributed by atoms with E-state index >= 15 is 0 Å². The minimum absolute atomic E-state index is 0.0652. The van der Waals surface area contributed by atoms with Crippen LogP contribution in [0.25, 0.3) is 10.2 Å². The number of thiophene rings is 1. The van der Waals surface area contributed by atoms with Crippen LogP contribution < -0.4 is 15.8 Å². The van der Waals surface area contributed by atoms with Crippen LogP contribution in [0, 0.1) is 0 Å². The van der Waals surface area contributed by atoms with Gasteiger partial charge in [-0.1, -0.05) is 23.7 Å².